The topological polar surface area (TPSA) is 26.8 Å². The number of benzene rings is 3. The lowest BCUT2D eigenvalue weighted by Gasteiger charge is -2.35. The number of anilines is 3. The second-order valence-corrected chi connectivity index (χ2v) is 10.0. The van der Waals surface area contributed by atoms with Crippen LogP contribution in [-0.2, 0) is 24.4 Å². The van der Waals surface area contributed by atoms with Gasteiger partial charge < -0.3 is 14.7 Å². The SMILES string of the molecule is Cc1ccc(N2C=C(C=O)CC2)c(CN2Cc3cc(Cl)ccc3N(C)Cc3cc(Cl)ccc32)c1. The molecule has 0 atom stereocenters. The fraction of sp³-hybridized carbons (Fsp3) is 0.250. The molecule has 3 aromatic rings. The molecule has 4 nitrogen and oxygen atoms in total. The van der Waals surface area contributed by atoms with Gasteiger partial charge in [-0.15, -0.1) is 0 Å². The Morgan fingerprint density at radius 3 is 2.26 bits per heavy atom. The summed E-state index contributed by atoms with van der Waals surface area (Å²) in [5.41, 5.74) is 9.13. The number of aryl methyl sites for hydroxylation is 1. The summed E-state index contributed by atoms with van der Waals surface area (Å²) in [7, 11) is 2.11. The van der Waals surface area contributed by atoms with E-state index in [2.05, 4.69) is 71.1 Å². The third kappa shape index (κ3) is 4.53. The average Bonchev–Trinajstić information content (AvgIpc) is 3.27. The highest BCUT2D eigenvalue weighted by atomic mass is 35.5. The van der Waals surface area contributed by atoms with Crippen LogP contribution in [0.15, 0.2) is 66.4 Å². The molecule has 0 bridgehead atoms. The van der Waals surface area contributed by atoms with E-state index in [1.807, 2.05) is 18.3 Å². The van der Waals surface area contributed by atoms with Gasteiger partial charge in [-0.1, -0.05) is 40.9 Å². The van der Waals surface area contributed by atoms with E-state index in [4.69, 9.17) is 23.2 Å². The van der Waals surface area contributed by atoms with Gasteiger partial charge in [-0.2, -0.15) is 0 Å². The fourth-order valence-electron chi connectivity index (χ4n) is 5.00. The van der Waals surface area contributed by atoms with Gasteiger partial charge in [0.05, 0.1) is 0 Å². The van der Waals surface area contributed by atoms with E-state index >= 15 is 0 Å². The molecular weight excluding hydrogens is 465 g/mol. The summed E-state index contributed by atoms with van der Waals surface area (Å²) in [5, 5.41) is 1.48. The van der Waals surface area contributed by atoms with Crippen molar-refractivity contribution in [2.45, 2.75) is 33.0 Å². The smallest absolute Gasteiger partial charge is 0.147 e. The van der Waals surface area contributed by atoms with Crippen molar-refractivity contribution in [1.29, 1.82) is 0 Å². The Hall–Kier alpha value is -2.95. The van der Waals surface area contributed by atoms with Crippen LogP contribution in [0.1, 0.15) is 28.7 Å². The molecule has 34 heavy (non-hydrogen) atoms. The molecule has 0 unspecified atom stereocenters. The number of nitrogens with zero attached hydrogens (tertiary/aromatic N) is 3. The molecular formula is C28H27Cl2N3O. The van der Waals surface area contributed by atoms with Crippen molar-refractivity contribution in [2.24, 2.45) is 0 Å². The lowest BCUT2D eigenvalue weighted by atomic mass is 10.0. The van der Waals surface area contributed by atoms with Crippen LogP contribution >= 0.6 is 23.2 Å². The molecule has 2 aliphatic heterocycles. The van der Waals surface area contributed by atoms with Crippen molar-refractivity contribution in [3.63, 3.8) is 0 Å². The number of rotatable bonds is 4. The molecule has 0 amide bonds. The Balaban J connectivity index is 1.59. The first-order valence-electron chi connectivity index (χ1n) is 11.5. The zero-order valence-electron chi connectivity index (χ0n) is 19.4. The summed E-state index contributed by atoms with van der Waals surface area (Å²) >= 11 is 12.8. The van der Waals surface area contributed by atoms with E-state index in [0.717, 1.165) is 60.2 Å². The molecule has 0 aromatic heterocycles. The van der Waals surface area contributed by atoms with Crippen LogP contribution in [-0.4, -0.2) is 19.9 Å². The van der Waals surface area contributed by atoms with Crippen LogP contribution in [0.5, 0.6) is 0 Å². The molecule has 0 spiro atoms. The molecule has 5 rings (SSSR count). The zero-order valence-corrected chi connectivity index (χ0v) is 20.9. The fourth-order valence-corrected chi connectivity index (χ4v) is 5.39. The highest BCUT2D eigenvalue weighted by Crippen LogP contribution is 2.37. The van der Waals surface area contributed by atoms with Crippen LogP contribution in [0, 0.1) is 6.92 Å². The number of carbonyl (C=O) groups excluding carboxylic acids is 1. The van der Waals surface area contributed by atoms with Crippen molar-refractivity contribution >= 4 is 46.6 Å². The molecule has 0 radical (unpaired) electrons. The first-order valence-corrected chi connectivity index (χ1v) is 12.2. The molecule has 0 N–H and O–H groups in total. The monoisotopic (exact) mass is 491 g/mol. The minimum absolute atomic E-state index is 0.720. The summed E-state index contributed by atoms with van der Waals surface area (Å²) in [6.45, 7) is 5.13. The maximum atomic E-state index is 11.3. The van der Waals surface area contributed by atoms with Gasteiger partial charge >= 0.3 is 0 Å². The summed E-state index contributed by atoms with van der Waals surface area (Å²) in [5.74, 6) is 0. The molecule has 6 heteroatoms. The maximum absolute atomic E-state index is 11.3. The number of halogens is 2. The number of hydrogen-bond acceptors (Lipinski definition) is 4. The van der Waals surface area contributed by atoms with Gasteiger partial charge in [-0.25, -0.2) is 0 Å². The average molecular weight is 492 g/mol. The lowest BCUT2D eigenvalue weighted by molar-refractivity contribution is -0.105. The molecule has 0 saturated heterocycles. The Kier molecular flexibility index (Phi) is 6.28. The first kappa shape index (κ1) is 22.8. The van der Waals surface area contributed by atoms with Crippen LogP contribution in [0.4, 0.5) is 17.1 Å². The summed E-state index contributed by atoms with van der Waals surface area (Å²) in [6.07, 6.45) is 3.72. The van der Waals surface area contributed by atoms with Crippen LogP contribution in [0.25, 0.3) is 0 Å². The molecule has 2 heterocycles. The van der Waals surface area contributed by atoms with Gasteiger partial charge in [0.1, 0.15) is 6.29 Å². The maximum Gasteiger partial charge on any atom is 0.147 e. The normalized spacial score (nSPS) is 15.4. The van der Waals surface area contributed by atoms with E-state index < -0.39 is 0 Å². The van der Waals surface area contributed by atoms with Crippen molar-refractivity contribution in [3.8, 4) is 0 Å². The Morgan fingerprint density at radius 2 is 1.56 bits per heavy atom. The molecule has 3 aromatic carbocycles. The highest BCUT2D eigenvalue weighted by Gasteiger charge is 2.23. The van der Waals surface area contributed by atoms with Gasteiger partial charge in [0.25, 0.3) is 0 Å². The molecule has 0 saturated carbocycles. The predicted molar refractivity (Wildman–Crippen MR) is 142 cm³/mol. The summed E-state index contributed by atoms with van der Waals surface area (Å²) < 4.78 is 0. The van der Waals surface area contributed by atoms with Crippen molar-refractivity contribution in [3.05, 3.63) is 98.7 Å². The first-order chi connectivity index (χ1) is 16.4. The van der Waals surface area contributed by atoms with Crippen LogP contribution in [0.3, 0.4) is 0 Å². The Bertz CT molecular complexity index is 1290. The van der Waals surface area contributed by atoms with Crippen LogP contribution < -0.4 is 14.7 Å². The Morgan fingerprint density at radius 1 is 0.882 bits per heavy atom. The molecule has 0 fully saturated rings. The van der Waals surface area contributed by atoms with E-state index in [-0.39, 0.29) is 0 Å². The second-order valence-electron chi connectivity index (χ2n) is 9.16. The minimum atomic E-state index is 0.720. The Labute approximate surface area is 211 Å². The van der Waals surface area contributed by atoms with Gasteiger partial charge in [0.2, 0.25) is 0 Å². The van der Waals surface area contributed by atoms with Gasteiger partial charge in [-0.05, 0) is 72.5 Å². The number of fused-ring (bicyclic) bond motifs is 2. The minimum Gasteiger partial charge on any atom is -0.370 e. The highest BCUT2D eigenvalue weighted by molar-refractivity contribution is 6.31. The summed E-state index contributed by atoms with van der Waals surface area (Å²) in [6, 6.07) is 18.8. The van der Waals surface area contributed by atoms with Crippen molar-refractivity contribution in [1.82, 2.24) is 0 Å². The third-order valence-electron chi connectivity index (χ3n) is 6.62. The van der Waals surface area contributed by atoms with Gasteiger partial charge in [0, 0.05) is 72.1 Å². The van der Waals surface area contributed by atoms with E-state index in [0.29, 0.717) is 0 Å². The largest absolute Gasteiger partial charge is 0.370 e. The van der Waals surface area contributed by atoms with E-state index in [9.17, 15) is 4.79 Å². The summed E-state index contributed by atoms with van der Waals surface area (Å²) in [4.78, 5) is 18.2. The quantitative estimate of drug-likeness (QED) is 0.377. The second kappa shape index (κ2) is 9.36. The van der Waals surface area contributed by atoms with E-state index in [1.54, 1.807) is 0 Å². The predicted octanol–water partition coefficient (Wildman–Crippen LogP) is 6.75. The zero-order chi connectivity index (χ0) is 23.8. The molecule has 174 valence electrons. The van der Waals surface area contributed by atoms with Crippen LogP contribution in [0.2, 0.25) is 10.0 Å². The van der Waals surface area contributed by atoms with Crippen molar-refractivity contribution in [2.75, 3.05) is 28.3 Å². The lowest BCUT2D eigenvalue weighted by Crippen LogP contribution is -2.30. The standard InChI is InChI=1S/C28H27Cl2N3O/c1-19-3-6-27(32-10-9-20(14-32)18-34)21(11-19)16-33-17-23-13-24(29)4-7-26(23)31(2)15-22-12-25(30)5-8-28(22)33/h3-8,11-14,18H,9-10,15-17H2,1-2H3. The molecule has 2 aliphatic rings. The van der Waals surface area contributed by atoms with E-state index in [1.165, 1.54) is 33.6 Å². The van der Waals surface area contributed by atoms with Crippen molar-refractivity contribution < 1.29 is 4.79 Å². The third-order valence-corrected chi connectivity index (χ3v) is 7.09. The number of carbonyl (C=O) groups is 1. The van der Waals surface area contributed by atoms with Gasteiger partial charge in [0.15, 0.2) is 0 Å². The van der Waals surface area contributed by atoms with Gasteiger partial charge in [-0.3, -0.25) is 4.79 Å². The number of hydrogen-bond donors (Lipinski definition) is 0. The number of aldehydes is 1. The molecule has 0 aliphatic carbocycles.